The van der Waals surface area contributed by atoms with Crippen LogP contribution in [0.15, 0.2) is 18.2 Å². The molecule has 0 bridgehead atoms. The first-order valence-corrected chi connectivity index (χ1v) is 6.79. The number of carbonyl (C=O) groups is 1. The molecule has 0 saturated carbocycles. The lowest BCUT2D eigenvalue weighted by atomic mass is 10.0. The average Bonchev–Trinajstić information content (AvgIpc) is 2.93. The molecule has 1 atom stereocenters. The van der Waals surface area contributed by atoms with Crippen molar-refractivity contribution in [1.29, 1.82) is 0 Å². The third-order valence-corrected chi connectivity index (χ3v) is 3.56. The summed E-state index contributed by atoms with van der Waals surface area (Å²) in [6, 6.07) is 5.42. The van der Waals surface area contributed by atoms with Gasteiger partial charge < -0.3 is 15.1 Å². The summed E-state index contributed by atoms with van der Waals surface area (Å²) in [5.74, 6) is 5.31. The van der Waals surface area contributed by atoms with Gasteiger partial charge in [0.2, 0.25) is 0 Å². The monoisotopic (exact) mass is 273 g/mol. The molecule has 1 aliphatic heterocycles. The van der Waals surface area contributed by atoms with E-state index in [1.54, 1.807) is 11.0 Å². The Morgan fingerprint density at radius 1 is 1.45 bits per heavy atom. The standard InChI is InChI=1S/C16H19NO3/c1-12-6-7-13(4-3-9-18)15(10-12)16(20)17-8-2-5-14(17)11-19/h6-7,10,14,18-19H,2,5,8-9,11H2,1H3. The van der Waals surface area contributed by atoms with E-state index in [9.17, 15) is 9.90 Å². The van der Waals surface area contributed by atoms with Gasteiger partial charge in [-0.1, -0.05) is 23.5 Å². The fraction of sp³-hybridized carbons (Fsp3) is 0.438. The van der Waals surface area contributed by atoms with Gasteiger partial charge in [-0.15, -0.1) is 0 Å². The van der Waals surface area contributed by atoms with Crippen LogP contribution in [0.5, 0.6) is 0 Å². The van der Waals surface area contributed by atoms with E-state index < -0.39 is 0 Å². The van der Waals surface area contributed by atoms with Gasteiger partial charge in [-0.3, -0.25) is 4.79 Å². The number of aliphatic hydroxyl groups is 2. The van der Waals surface area contributed by atoms with E-state index in [4.69, 9.17) is 5.11 Å². The fourth-order valence-electron chi connectivity index (χ4n) is 2.53. The summed E-state index contributed by atoms with van der Waals surface area (Å²) in [5.41, 5.74) is 2.16. The Labute approximate surface area is 119 Å². The molecule has 1 fully saturated rings. The van der Waals surface area contributed by atoms with Crippen LogP contribution in [0.1, 0.15) is 34.3 Å². The van der Waals surface area contributed by atoms with E-state index in [1.165, 1.54) is 0 Å². The lowest BCUT2D eigenvalue weighted by Gasteiger charge is -2.23. The maximum absolute atomic E-state index is 12.6. The van der Waals surface area contributed by atoms with E-state index >= 15 is 0 Å². The van der Waals surface area contributed by atoms with Crippen molar-refractivity contribution in [2.24, 2.45) is 0 Å². The van der Waals surface area contributed by atoms with Crippen LogP contribution in [-0.4, -0.2) is 46.8 Å². The van der Waals surface area contributed by atoms with Gasteiger partial charge in [0.25, 0.3) is 5.91 Å². The molecule has 2 N–H and O–H groups in total. The van der Waals surface area contributed by atoms with Crippen molar-refractivity contribution in [2.75, 3.05) is 19.8 Å². The van der Waals surface area contributed by atoms with Crippen molar-refractivity contribution >= 4 is 5.91 Å². The second kappa shape index (κ2) is 6.56. The minimum absolute atomic E-state index is 0.00475. The predicted octanol–water partition coefficient (Wildman–Crippen LogP) is 0.936. The van der Waals surface area contributed by atoms with Crippen molar-refractivity contribution in [3.63, 3.8) is 0 Å². The zero-order valence-corrected chi connectivity index (χ0v) is 11.6. The van der Waals surface area contributed by atoms with Gasteiger partial charge in [-0.2, -0.15) is 0 Å². The number of benzene rings is 1. The molecule has 4 heteroatoms. The zero-order valence-electron chi connectivity index (χ0n) is 11.6. The lowest BCUT2D eigenvalue weighted by molar-refractivity contribution is 0.0677. The topological polar surface area (TPSA) is 60.8 Å². The molecule has 1 amide bonds. The molecule has 1 unspecified atom stereocenters. The van der Waals surface area contributed by atoms with Crippen LogP contribution < -0.4 is 0 Å². The minimum Gasteiger partial charge on any atom is -0.394 e. The molecular formula is C16H19NO3. The molecule has 106 valence electrons. The highest BCUT2D eigenvalue weighted by Crippen LogP contribution is 2.22. The van der Waals surface area contributed by atoms with Crippen molar-refractivity contribution in [3.8, 4) is 11.8 Å². The summed E-state index contributed by atoms with van der Waals surface area (Å²) >= 11 is 0. The Morgan fingerprint density at radius 3 is 2.95 bits per heavy atom. The molecule has 1 aromatic carbocycles. The first kappa shape index (κ1) is 14.6. The van der Waals surface area contributed by atoms with E-state index in [-0.39, 0.29) is 25.2 Å². The van der Waals surface area contributed by atoms with Crippen LogP contribution in [0.25, 0.3) is 0 Å². The highest BCUT2D eigenvalue weighted by Gasteiger charge is 2.29. The SMILES string of the molecule is Cc1ccc(C#CCO)c(C(=O)N2CCCC2CO)c1. The van der Waals surface area contributed by atoms with Gasteiger partial charge in [-0.25, -0.2) is 0 Å². The van der Waals surface area contributed by atoms with Crippen molar-refractivity contribution < 1.29 is 15.0 Å². The molecular weight excluding hydrogens is 254 g/mol. The Morgan fingerprint density at radius 2 is 2.25 bits per heavy atom. The van der Waals surface area contributed by atoms with Gasteiger partial charge in [0.15, 0.2) is 0 Å². The summed E-state index contributed by atoms with van der Waals surface area (Å²) in [5, 5.41) is 18.1. The van der Waals surface area contributed by atoms with E-state index in [1.807, 2.05) is 19.1 Å². The molecule has 1 saturated heterocycles. The summed E-state index contributed by atoms with van der Waals surface area (Å²) in [4.78, 5) is 14.4. The van der Waals surface area contributed by atoms with Gasteiger partial charge >= 0.3 is 0 Å². The largest absolute Gasteiger partial charge is 0.394 e. The van der Waals surface area contributed by atoms with Crippen LogP contribution in [0, 0.1) is 18.8 Å². The molecule has 0 aromatic heterocycles. The summed E-state index contributed by atoms with van der Waals surface area (Å²) < 4.78 is 0. The number of nitrogens with zero attached hydrogens (tertiary/aromatic N) is 1. The molecule has 0 radical (unpaired) electrons. The van der Waals surface area contributed by atoms with Gasteiger partial charge in [0.05, 0.1) is 18.2 Å². The third kappa shape index (κ3) is 3.01. The van der Waals surface area contributed by atoms with Gasteiger partial charge in [0.1, 0.15) is 6.61 Å². The average molecular weight is 273 g/mol. The fourth-order valence-corrected chi connectivity index (χ4v) is 2.53. The Kier molecular flexibility index (Phi) is 4.78. The smallest absolute Gasteiger partial charge is 0.255 e. The number of likely N-dealkylation sites (tertiary alicyclic amines) is 1. The van der Waals surface area contributed by atoms with Crippen LogP contribution in [0.3, 0.4) is 0 Å². The Hall–Kier alpha value is -1.83. The second-order valence-corrected chi connectivity index (χ2v) is 4.99. The van der Waals surface area contributed by atoms with E-state index in [2.05, 4.69) is 11.8 Å². The summed E-state index contributed by atoms with van der Waals surface area (Å²) in [6.45, 7) is 2.36. The van der Waals surface area contributed by atoms with Crippen molar-refractivity contribution in [1.82, 2.24) is 4.90 Å². The Bertz CT molecular complexity index is 557. The molecule has 0 spiro atoms. The summed E-state index contributed by atoms with van der Waals surface area (Å²) in [6.07, 6.45) is 1.76. The number of aryl methyl sites for hydroxylation is 1. The Balaban J connectivity index is 2.35. The molecule has 1 aromatic rings. The number of rotatable bonds is 2. The van der Waals surface area contributed by atoms with Crippen LogP contribution in [0.4, 0.5) is 0 Å². The first-order chi connectivity index (χ1) is 9.67. The third-order valence-electron chi connectivity index (χ3n) is 3.56. The van der Waals surface area contributed by atoms with Crippen molar-refractivity contribution in [3.05, 3.63) is 34.9 Å². The molecule has 1 heterocycles. The normalized spacial score (nSPS) is 17.8. The molecule has 1 aliphatic rings. The van der Waals surface area contributed by atoms with Gasteiger partial charge in [-0.05, 0) is 31.9 Å². The van der Waals surface area contributed by atoms with Crippen molar-refractivity contribution in [2.45, 2.75) is 25.8 Å². The maximum atomic E-state index is 12.6. The predicted molar refractivity (Wildman–Crippen MR) is 76.3 cm³/mol. The van der Waals surface area contributed by atoms with Crippen LogP contribution >= 0.6 is 0 Å². The quantitative estimate of drug-likeness (QED) is 0.788. The van der Waals surface area contributed by atoms with Gasteiger partial charge in [0, 0.05) is 12.1 Å². The highest BCUT2D eigenvalue weighted by molar-refractivity contribution is 5.97. The van der Waals surface area contributed by atoms with E-state index in [0.29, 0.717) is 17.7 Å². The molecule has 0 aliphatic carbocycles. The van der Waals surface area contributed by atoms with Crippen LogP contribution in [-0.2, 0) is 0 Å². The number of amides is 1. The minimum atomic E-state index is -0.232. The lowest BCUT2D eigenvalue weighted by Crippen LogP contribution is -2.38. The number of carbonyl (C=O) groups excluding carboxylic acids is 1. The summed E-state index contributed by atoms with van der Waals surface area (Å²) in [7, 11) is 0. The number of hydrogen-bond donors (Lipinski definition) is 2. The van der Waals surface area contributed by atoms with E-state index in [0.717, 1.165) is 18.4 Å². The molecule has 20 heavy (non-hydrogen) atoms. The number of hydrogen-bond acceptors (Lipinski definition) is 3. The zero-order chi connectivity index (χ0) is 14.5. The molecule has 4 nitrogen and oxygen atoms in total. The van der Waals surface area contributed by atoms with Crippen LogP contribution in [0.2, 0.25) is 0 Å². The molecule has 2 rings (SSSR count). The number of aliphatic hydroxyl groups excluding tert-OH is 2. The highest BCUT2D eigenvalue weighted by atomic mass is 16.3. The first-order valence-electron chi connectivity index (χ1n) is 6.79. The second-order valence-electron chi connectivity index (χ2n) is 4.99. The maximum Gasteiger partial charge on any atom is 0.255 e.